The molecule has 0 saturated carbocycles. The molecule has 3 heteroatoms. The van der Waals surface area contributed by atoms with Crippen LogP contribution in [0.2, 0.25) is 0 Å². The van der Waals surface area contributed by atoms with Crippen molar-refractivity contribution in [2.45, 2.75) is 26.0 Å². The summed E-state index contributed by atoms with van der Waals surface area (Å²) in [7, 11) is 3.88. The van der Waals surface area contributed by atoms with Crippen molar-refractivity contribution in [3.8, 4) is 0 Å². The van der Waals surface area contributed by atoms with Crippen LogP contribution in [0, 0.1) is 5.92 Å². The summed E-state index contributed by atoms with van der Waals surface area (Å²) in [5, 5.41) is 18.2. The normalized spacial score (nSPS) is 19.9. The zero-order chi connectivity index (χ0) is 9.02. The van der Waals surface area contributed by atoms with Crippen LogP contribution in [0.25, 0.3) is 0 Å². The van der Waals surface area contributed by atoms with Crippen LogP contribution in [0.5, 0.6) is 0 Å². The molecule has 0 aliphatic rings. The van der Waals surface area contributed by atoms with Crippen molar-refractivity contribution >= 4 is 0 Å². The summed E-state index contributed by atoms with van der Waals surface area (Å²) < 4.78 is 0. The van der Waals surface area contributed by atoms with E-state index in [0.717, 1.165) is 0 Å². The van der Waals surface area contributed by atoms with Gasteiger partial charge in [0.2, 0.25) is 0 Å². The standard InChI is InChI=1S/C8H19NO2/c1-6(9(3)4)8(5-10)7(2)11/h6-8,10-11H,5H2,1-4H3. The molecule has 0 fully saturated rings. The Morgan fingerprint density at radius 1 is 1.27 bits per heavy atom. The van der Waals surface area contributed by atoms with Gasteiger partial charge in [0.1, 0.15) is 0 Å². The maximum atomic E-state index is 9.24. The van der Waals surface area contributed by atoms with Crippen molar-refractivity contribution in [1.29, 1.82) is 0 Å². The Morgan fingerprint density at radius 2 is 1.73 bits per heavy atom. The van der Waals surface area contributed by atoms with Crippen molar-refractivity contribution in [2.75, 3.05) is 20.7 Å². The maximum Gasteiger partial charge on any atom is 0.0577 e. The van der Waals surface area contributed by atoms with Gasteiger partial charge in [-0.05, 0) is 27.9 Å². The van der Waals surface area contributed by atoms with Crippen LogP contribution in [0.1, 0.15) is 13.8 Å². The van der Waals surface area contributed by atoms with E-state index in [1.807, 2.05) is 25.9 Å². The van der Waals surface area contributed by atoms with Gasteiger partial charge < -0.3 is 15.1 Å². The van der Waals surface area contributed by atoms with E-state index in [1.54, 1.807) is 6.92 Å². The predicted octanol–water partition coefficient (Wildman–Crippen LogP) is -0.0742. The van der Waals surface area contributed by atoms with Crippen LogP contribution in [-0.2, 0) is 0 Å². The molecule has 0 aromatic carbocycles. The average molecular weight is 161 g/mol. The molecule has 0 heterocycles. The van der Waals surface area contributed by atoms with E-state index in [0.29, 0.717) is 0 Å². The van der Waals surface area contributed by atoms with Crippen molar-refractivity contribution in [3.05, 3.63) is 0 Å². The maximum absolute atomic E-state index is 9.24. The number of hydrogen-bond donors (Lipinski definition) is 2. The van der Waals surface area contributed by atoms with Crippen LogP contribution in [0.4, 0.5) is 0 Å². The van der Waals surface area contributed by atoms with Gasteiger partial charge in [-0.25, -0.2) is 0 Å². The molecule has 3 atom stereocenters. The fourth-order valence-corrected chi connectivity index (χ4v) is 1.09. The first-order valence-corrected chi connectivity index (χ1v) is 3.96. The van der Waals surface area contributed by atoms with E-state index in [-0.39, 0.29) is 18.6 Å². The molecule has 0 bridgehead atoms. The highest BCUT2D eigenvalue weighted by Gasteiger charge is 2.22. The molecule has 0 saturated heterocycles. The number of hydrogen-bond acceptors (Lipinski definition) is 3. The molecule has 3 unspecified atom stereocenters. The number of aliphatic hydroxyl groups is 2. The van der Waals surface area contributed by atoms with Crippen LogP contribution >= 0.6 is 0 Å². The van der Waals surface area contributed by atoms with E-state index in [1.165, 1.54) is 0 Å². The van der Waals surface area contributed by atoms with E-state index in [9.17, 15) is 5.11 Å². The monoisotopic (exact) mass is 161 g/mol. The third-order valence-corrected chi connectivity index (χ3v) is 2.26. The lowest BCUT2D eigenvalue weighted by Gasteiger charge is -2.29. The Kier molecular flexibility index (Phi) is 4.65. The number of rotatable bonds is 4. The average Bonchev–Trinajstić information content (AvgIpc) is 1.88. The number of aliphatic hydroxyl groups excluding tert-OH is 2. The molecule has 0 aliphatic carbocycles. The van der Waals surface area contributed by atoms with Crippen molar-refractivity contribution in [3.63, 3.8) is 0 Å². The lowest BCUT2D eigenvalue weighted by Crippen LogP contribution is -2.40. The Bertz CT molecular complexity index is 104. The zero-order valence-electron chi connectivity index (χ0n) is 7.78. The Hall–Kier alpha value is -0.120. The Labute approximate surface area is 68.6 Å². The minimum Gasteiger partial charge on any atom is -0.396 e. The highest BCUT2D eigenvalue weighted by atomic mass is 16.3. The third-order valence-electron chi connectivity index (χ3n) is 2.26. The van der Waals surface area contributed by atoms with Gasteiger partial charge in [0.05, 0.1) is 6.10 Å². The van der Waals surface area contributed by atoms with Gasteiger partial charge in [-0.15, -0.1) is 0 Å². The molecule has 0 aliphatic heterocycles. The molecule has 3 nitrogen and oxygen atoms in total. The van der Waals surface area contributed by atoms with E-state index in [4.69, 9.17) is 5.11 Å². The Morgan fingerprint density at radius 3 is 1.82 bits per heavy atom. The quantitative estimate of drug-likeness (QED) is 0.606. The van der Waals surface area contributed by atoms with E-state index < -0.39 is 6.10 Å². The van der Waals surface area contributed by atoms with Gasteiger partial charge >= 0.3 is 0 Å². The molecule has 11 heavy (non-hydrogen) atoms. The number of nitrogens with zero attached hydrogens (tertiary/aromatic N) is 1. The molecule has 0 rings (SSSR count). The second-order valence-electron chi connectivity index (χ2n) is 3.29. The minimum absolute atomic E-state index is 0.0387. The molecule has 68 valence electrons. The fraction of sp³-hybridized carbons (Fsp3) is 1.00. The van der Waals surface area contributed by atoms with Crippen molar-refractivity contribution in [1.82, 2.24) is 4.90 Å². The molecule has 0 radical (unpaired) electrons. The lowest BCUT2D eigenvalue weighted by molar-refractivity contribution is 0.0351. The smallest absolute Gasteiger partial charge is 0.0577 e. The van der Waals surface area contributed by atoms with Crippen LogP contribution < -0.4 is 0 Å². The van der Waals surface area contributed by atoms with Gasteiger partial charge in [-0.3, -0.25) is 0 Å². The lowest BCUT2D eigenvalue weighted by atomic mass is 9.96. The van der Waals surface area contributed by atoms with Gasteiger partial charge in [0, 0.05) is 18.6 Å². The van der Waals surface area contributed by atoms with Crippen molar-refractivity contribution in [2.24, 2.45) is 5.92 Å². The fourth-order valence-electron chi connectivity index (χ4n) is 1.09. The summed E-state index contributed by atoms with van der Waals surface area (Å²) >= 11 is 0. The second kappa shape index (κ2) is 4.70. The highest BCUT2D eigenvalue weighted by molar-refractivity contribution is 4.75. The summed E-state index contributed by atoms with van der Waals surface area (Å²) in [6.07, 6.45) is -0.447. The highest BCUT2D eigenvalue weighted by Crippen LogP contribution is 2.11. The van der Waals surface area contributed by atoms with Crippen LogP contribution in [0.3, 0.4) is 0 Å². The summed E-state index contributed by atoms with van der Waals surface area (Å²) in [4.78, 5) is 1.99. The zero-order valence-corrected chi connectivity index (χ0v) is 7.78. The SMILES string of the molecule is CC(O)C(CO)C(C)N(C)C. The summed E-state index contributed by atoms with van der Waals surface area (Å²) in [6, 6.07) is 0.208. The summed E-state index contributed by atoms with van der Waals surface area (Å²) in [5.74, 6) is -0.0509. The summed E-state index contributed by atoms with van der Waals surface area (Å²) in [6.45, 7) is 3.74. The van der Waals surface area contributed by atoms with Crippen molar-refractivity contribution < 1.29 is 10.2 Å². The molecule has 0 aromatic heterocycles. The first kappa shape index (κ1) is 10.9. The third kappa shape index (κ3) is 3.18. The van der Waals surface area contributed by atoms with Crippen LogP contribution in [0.15, 0.2) is 0 Å². The second-order valence-corrected chi connectivity index (χ2v) is 3.29. The van der Waals surface area contributed by atoms with E-state index >= 15 is 0 Å². The van der Waals surface area contributed by atoms with Gasteiger partial charge in [-0.1, -0.05) is 0 Å². The molecule has 0 spiro atoms. The first-order chi connectivity index (χ1) is 5.00. The van der Waals surface area contributed by atoms with Gasteiger partial charge in [0.25, 0.3) is 0 Å². The topological polar surface area (TPSA) is 43.7 Å². The van der Waals surface area contributed by atoms with Crippen LogP contribution in [-0.4, -0.2) is 48.0 Å². The van der Waals surface area contributed by atoms with Gasteiger partial charge in [-0.2, -0.15) is 0 Å². The van der Waals surface area contributed by atoms with E-state index in [2.05, 4.69) is 0 Å². The molecular formula is C8H19NO2. The largest absolute Gasteiger partial charge is 0.396 e. The predicted molar refractivity (Wildman–Crippen MR) is 45.4 cm³/mol. The summed E-state index contributed by atoms with van der Waals surface area (Å²) in [5.41, 5.74) is 0. The molecular weight excluding hydrogens is 142 g/mol. The molecule has 0 aromatic rings. The first-order valence-electron chi connectivity index (χ1n) is 3.96. The molecule has 2 N–H and O–H groups in total. The van der Waals surface area contributed by atoms with Gasteiger partial charge in [0.15, 0.2) is 0 Å². The molecule has 0 amide bonds. The Balaban J connectivity index is 4.02. The minimum atomic E-state index is -0.447.